The van der Waals surface area contributed by atoms with E-state index in [2.05, 4.69) is 11.8 Å². The Morgan fingerprint density at radius 1 is 0.658 bits per heavy atom. The van der Waals surface area contributed by atoms with Crippen LogP contribution < -0.4 is 4.74 Å². The molecule has 0 amide bonds. The first-order valence-electron chi connectivity index (χ1n) is 11.9. The van der Waals surface area contributed by atoms with Gasteiger partial charge in [0.2, 0.25) is 0 Å². The van der Waals surface area contributed by atoms with Gasteiger partial charge in [-0.05, 0) is 66.4 Å². The van der Waals surface area contributed by atoms with Crippen LogP contribution in [0.3, 0.4) is 0 Å². The van der Waals surface area contributed by atoms with E-state index < -0.39 is 34.9 Å². The molecule has 0 N–H and O–H groups in total. The van der Waals surface area contributed by atoms with Crippen molar-refractivity contribution >= 4 is 0 Å². The molecule has 0 saturated heterocycles. The fraction of sp³-hybridized carbons (Fsp3) is 0.161. The minimum absolute atomic E-state index is 0.0633. The van der Waals surface area contributed by atoms with Crippen molar-refractivity contribution in [2.45, 2.75) is 26.7 Å². The van der Waals surface area contributed by atoms with Crippen LogP contribution in [0.5, 0.6) is 5.75 Å². The number of unbranched alkanes of at least 4 members (excludes halogenated alkanes) is 1. The summed E-state index contributed by atoms with van der Waals surface area (Å²) < 4.78 is 90.2. The van der Waals surface area contributed by atoms with Gasteiger partial charge in [0, 0.05) is 22.8 Å². The normalized spacial score (nSPS) is 10.7. The van der Waals surface area contributed by atoms with E-state index in [-0.39, 0.29) is 33.4 Å². The van der Waals surface area contributed by atoms with E-state index in [9.17, 15) is 26.3 Å². The Kier molecular flexibility index (Phi) is 8.11. The molecule has 0 aliphatic carbocycles. The van der Waals surface area contributed by atoms with E-state index in [1.54, 1.807) is 13.0 Å². The largest absolute Gasteiger partial charge is 0.493 e. The fourth-order valence-corrected chi connectivity index (χ4v) is 3.88. The molecule has 0 unspecified atom stereocenters. The van der Waals surface area contributed by atoms with Crippen molar-refractivity contribution in [2.75, 3.05) is 6.61 Å². The molecular formula is C31H22F6O. The van der Waals surface area contributed by atoms with E-state index in [0.29, 0.717) is 30.1 Å². The molecule has 38 heavy (non-hydrogen) atoms. The summed E-state index contributed by atoms with van der Waals surface area (Å²) in [5, 5.41) is 0. The Balaban J connectivity index is 1.58. The quantitative estimate of drug-likeness (QED) is 0.106. The molecule has 1 nitrogen and oxygen atoms in total. The van der Waals surface area contributed by atoms with Gasteiger partial charge in [0.15, 0.2) is 17.5 Å². The second kappa shape index (κ2) is 11.5. The van der Waals surface area contributed by atoms with Gasteiger partial charge in [-0.25, -0.2) is 26.3 Å². The van der Waals surface area contributed by atoms with E-state index in [4.69, 9.17) is 4.74 Å². The van der Waals surface area contributed by atoms with Crippen LogP contribution >= 0.6 is 0 Å². The second-order valence-corrected chi connectivity index (χ2v) is 8.69. The molecule has 0 saturated carbocycles. The lowest BCUT2D eigenvalue weighted by atomic mass is 9.98. The zero-order valence-electron chi connectivity index (χ0n) is 20.6. The number of benzene rings is 4. The van der Waals surface area contributed by atoms with Gasteiger partial charge >= 0.3 is 0 Å². The molecule has 0 aromatic heterocycles. The molecule has 0 aliphatic rings. The number of hydrogen-bond donors (Lipinski definition) is 0. The zero-order valence-corrected chi connectivity index (χ0v) is 20.6. The van der Waals surface area contributed by atoms with Crippen molar-refractivity contribution in [1.82, 2.24) is 0 Å². The summed E-state index contributed by atoms with van der Waals surface area (Å²) in [5.41, 5.74) is 0.900. The monoisotopic (exact) mass is 524 g/mol. The Hall–Kier alpha value is -4.18. The van der Waals surface area contributed by atoms with Crippen molar-refractivity contribution in [3.63, 3.8) is 0 Å². The topological polar surface area (TPSA) is 9.23 Å². The molecule has 0 bridgehead atoms. The number of hydrogen-bond acceptors (Lipinski definition) is 1. The lowest BCUT2D eigenvalue weighted by Crippen LogP contribution is -1.99. The molecule has 0 fully saturated rings. The Labute approximate surface area is 216 Å². The average Bonchev–Trinajstić information content (AvgIpc) is 2.86. The highest BCUT2D eigenvalue weighted by molar-refractivity contribution is 5.72. The summed E-state index contributed by atoms with van der Waals surface area (Å²) >= 11 is 0. The van der Waals surface area contributed by atoms with Gasteiger partial charge in [0.1, 0.15) is 23.2 Å². The predicted octanol–water partition coefficient (Wildman–Crippen LogP) is 8.74. The summed E-state index contributed by atoms with van der Waals surface area (Å²) in [7, 11) is 0. The molecule has 0 radical (unpaired) electrons. The van der Waals surface area contributed by atoms with E-state index in [0.717, 1.165) is 25.0 Å². The number of rotatable bonds is 6. The highest BCUT2D eigenvalue weighted by Gasteiger charge is 2.16. The fourth-order valence-electron chi connectivity index (χ4n) is 3.88. The van der Waals surface area contributed by atoms with E-state index in [1.807, 2.05) is 6.92 Å². The summed E-state index contributed by atoms with van der Waals surface area (Å²) in [6, 6.07) is 12.0. The highest BCUT2D eigenvalue weighted by atomic mass is 19.2. The zero-order chi connectivity index (χ0) is 27.4. The van der Waals surface area contributed by atoms with Crippen molar-refractivity contribution in [2.24, 2.45) is 0 Å². The van der Waals surface area contributed by atoms with Crippen LogP contribution in [0.15, 0.2) is 60.7 Å². The number of aryl methyl sites for hydroxylation is 1. The molecule has 0 heterocycles. The van der Waals surface area contributed by atoms with Crippen LogP contribution in [0.2, 0.25) is 0 Å². The van der Waals surface area contributed by atoms with Crippen LogP contribution in [0.1, 0.15) is 36.5 Å². The lowest BCUT2D eigenvalue weighted by molar-refractivity contribution is 0.307. The highest BCUT2D eigenvalue weighted by Crippen LogP contribution is 2.31. The number of halogens is 6. The maximum absolute atomic E-state index is 14.9. The maximum Gasteiger partial charge on any atom is 0.194 e. The average molecular weight is 525 g/mol. The summed E-state index contributed by atoms with van der Waals surface area (Å²) in [5.74, 6) is -0.759. The summed E-state index contributed by atoms with van der Waals surface area (Å²) in [6.07, 6.45) is 1.81. The van der Waals surface area contributed by atoms with Gasteiger partial charge < -0.3 is 4.74 Å². The third kappa shape index (κ3) is 5.86. The molecular weight excluding hydrogens is 502 g/mol. The second-order valence-electron chi connectivity index (χ2n) is 8.69. The van der Waals surface area contributed by atoms with Crippen LogP contribution in [-0.2, 0) is 0 Å². The van der Waals surface area contributed by atoms with Crippen LogP contribution in [0.25, 0.3) is 22.3 Å². The van der Waals surface area contributed by atoms with Crippen molar-refractivity contribution in [3.8, 4) is 39.8 Å². The van der Waals surface area contributed by atoms with E-state index in [1.165, 1.54) is 30.3 Å². The van der Waals surface area contributed by atoms with Crippen LogP contribution in [-0.4, -0.2) is 6.61 Å². The van der Waals surface area contributed by atoms with E-state index >= 15 is 0 Å². The molecule has 0 atom stereocenters. The molecule has 194 valence electrons. The molecule has 4 aromatic rings. The third-order valence-corrected chi connectivity index (χ3v) is 5.90. The first-order chi connectivity index (χ1) is 18.2. The molecule has 0 aliphatic heterocycles. The third-order valence-electron chi connectivity index (χ3n) is 5.90. The summed E-state index contributed by atoms with van der Waals surface area (Å²) in [6.45, 7) is 4.22. The van der Waals surface area contributed by atoms with Crippen molar-refractivity contribution in [1.29, 1.82) is 0 Å². The van der Waals surface area contributed by atoms with Gasteiger partial charge in [0.05, 0.1) is 12.2 Å². The van der Waals surface area contributed by atoms with Gasteiger partial charge in [0.25, 0.3) is 0 Å². The Bertz CT molecular complexity index is 1520. The minimum atomic E-state index is -1.65. The van der Waals surface area contributed by atoms with Gasteiger partial charge in [-0.15, -0.1) is 0 Å². The lowest BCUT2D eigenvalue weighted by Gasteiger charge is -2.09. The van der Waals surface area contributed by atoms with Gasteiger partial charge in [-0.3, -0.25) is 0 Å². The first-order valence-corrected chi connectivity index (χ1v) is 11.9. The van der Waals surface area contributed by atoms with Gasteiger partial charge in [-0.2, -0.15) is 0 Å². The molecule has 4 aromatic carbocycles. The predicted molar refractivity (Wildman–Crippen MR) is 135 cm³/mol. The first kappa shape index (κ1) is 26.9. The van der Waals surface area contributed by atoms with Crippen LogP contribution in [0, 0.1) is 53.7 Å². The Morgan fingerprint density at radius 2 is 1.29 bits per heavy atom. The van der Waals surface area contributed by atoms with Crippen molar-refractivity contribution < 1.29 is 31.1 Å². The van der Waals surface area contributed by atoms with Gasteiger partial charge in [-0.1, -0.05) is 43.4 Å². The van der Waals surface area contributed by atoms with Crippen molar-refractivity contribution in [3.05, 3.63) is 112 Å². The SMILES string of the molecule is CCCCOc1cc(C)c(C#Cc2ccc(-c3ccc(-c4cc(F)c(F)c(F)c4)c(F)c3)c(F)c2)c(F)c1. The van der Waals surface area contributed by atoms with Crippen LogP contribution in [0.4, 0.5) is 26.3 Å². The Morgan fingerprint density at radius 3 is 1.92 bits per heavy atom. The molecule has 7 heteroatoms. The number of ether oxygens (including phenoxy) is 1. The smallest absolute Gasteiger partial charge is 0.194 e. The molecule has 4 rings (SSSR count). The maximum atomic E-state index is 14.9. The minimum Gasteiger partial charge on any atom is -0.493 e. The summed E-state index contributed by atoms with van der Waals surface area (Å²) in [4.78, 5) is 0. The standard InChI is InChI=1S/C31H22F6O/c1-3-4-11-38-22-12-18(2)23(28(34)17-22)8-5-19-6-9-24(26(32)13-19)20-7-10-25(27(33)14-20)21-15-29(35)31(37)30(36)16-21/h6-7,9-10,12-17H,3-4,11H2,1-2H3. The molecule has 0 spiro atoms.